The Balaban J connectivity index is 2.59. The molecule has 2 aromatic rings. The second-order valence-corrected chi connectivity index (χ2v) is 4.08. The first-order valence-corrected chi connectivity index (χ1v) is 5.12. The van der Waals surface area contributed by atoms with Gasteiger partial charge in [0.2, 0.25) is 0 Å². The van der Waals surface area contributed by atoms with Crippen molar-refractivity contribution in [2.24, 2.45) is 0 Å². The monoisotopic (exact) mass is 321 g/mol. The number of halogens is 3. The summed E-state index contributed by atoms with van der Waals surface area (Å²) in [5.74, 6) is -1.17. The molecule has 0 saturated heterocycles. The third-order valence-electron chi connectivity index (χ3n) is 1.93. The van der Waals surface area contributed by atoms with Gasteiger partial charge in [0, 0.05) is 9.13 Å². The van der Waals surface area contributed by atoms with Crippen molar-refractivity contribution >= 4 is 28.4 Å². The van der Waals surface area contributed by atoms with E-state index in [1.165, 1.54) is 18.2 Å². The van der Waals surface area contributed by atoms with E-state index in [0.29, 0.717) is 9.13 Å². The van der Waals surface area contributed by atoms with Gasteiger partial charge in [0.15, 0.2) is 11.6 Å². The van der Waals surface area contributed by atoms with Crippen molar-refractivity contribution in [1.29, 1.82) is 0 Å². The molecule has 3 nitrogen and oxygen atoms in total. The highest BCUT2D eigenvalue weighted by Gasteiger charge is 2.14. The van der Waals surface area contributed by atoms with Crippen LogP contribution >= 0.6 is 22.6 Å². The van der Waals surface area contributed by atoms with E-state index in [-0.39, 0.29) is 17.3 Å². The maximum atomic E-state index is 13.4. The number of benzene rings is 1. The maximum Gasteiger partial charge on any atom is 0.192 e. The zero-order chi connectivity index (χ0) is 11.0. The molecular weight excluding hydrogens is 315 g/mol. The summed E-state index contributed by atoms with van der Waals surface area (Å²) in [6, 6.07) is 4.05. The molecular formula is C9H6F2IN3. The van der Waals surface area contributed by atoms with Gasteiger partial charge >= 0.3 is 0 Å². The van der Waals surface area contributed by atoms with E-state index in [1.54, 1.807) is 0 Å². The zero-order valence-corrected chi connectivity index (χ0v) is 9.55. The van der Waals surface area contributed by atoms with Crippen LogP contribution in [0.4, 0.5) is 14.6 Å². The fourth-order valence-electron chi connectivity index (χ4n) is 1.21. The first-order valence-electron chi connectivity index (χ1n) is 4.04. The second kappa shape index (κ2) is 3.76. The van der Waals surface area contributed by atoms with Crippen molar-refractivity contribution in [3.8, 4) is 11.3 Å². The molecule has 0 radical (unpaired) electrons. The summed E-state index contributed by atoms with van der Waals surface area (Å²) in [5, 5.41) is 6.01. The molecule has 0 atom stereocenters. The van der Waals surface area contributed by atoms with Gasteiger partial charge in [-0.2, -0.15) is 5.10 Å². The maximum absolute atomic E-state index is 13.4. The zero-order valence-electron chi connectivity index (χ0n) is 7.39. The highest BCUT2D eigenvalue weighted by atomic mass is 127. The van der Waals surface area contributed by atoms with Crippen LogP contribution in [0.25, 0.3) is 11.3 Å². The Hall–Kier alpha value is -1.18. The Morgan fingerprint density at radius 1 is 1.33 bits per heavy atom. The summed E-state index contributed by atoms with van der Waals surface area (Å²) < 4.78 is 26.8. The van der Waals surface area contributed by atoms with Gasteiger partial charge in [-0.15, -0.1) is 0 Å². The highest BCUT2D eigenvalue weighted by molar-refractivity contribution is 14.1. The van der Waals surface area contributed by atoms with Crippen LogP contribution in [0, 0.1) is 15.2 Å². The first kappa shape index (κ1) is 10.3. The molecule has 1 heterocycles. The first-order chi connectivity index (χ1) is 7.09. The number of hydrogen-bond acceptors (Lipinski definition) is 2. The fourth-order valence-corrected chi connectivity index (χ4v) is 1.96. The lowest BCUT2D eigenvalue weighted by atomic mass is 10.1. The van der Waals surface area contributed by atoms with Gasteiger partial charge in [0.1, 0.15) is 11.5 Å². The van der Waals surface area contributed by atoms with Gasteiger partial charge in [-0.1, -0.05) is 0 Å². The molecule has 0 unspecified atom stereocenters. The number of nitrogen functional groups attached to an aromatic ring is 1. The van der Waals surface area contributed by atoms with Crippen LogP contribution in [0.2, 0.25) is 0 Å². The van der Waals surface area contributed by atoms with Crippen molar-refractivity contribution < 1.29 is 8.78 Å². The molecule has 6 heteroatoms. The number of nitrogens with zero attached hydrogens (tertiary/aromatic N) is 1. The van der Waals surface area contributed by atoms with Gasteiger partial charge in [0.25, 0.3) is 0 Å². The van der Waals surface area contributed by atoms with Crippen molar-refractivity contribution in [3.05, 3.63) is 33.4 Å². The number of aromatic amines is 1. The minimum atomic E-state index is -0.612. The molecule has 1 aromatic carbocycles. The lowest BCUT2D eigenvalue weighted by Gasteiger charge is -2.01. The molecule has 1 aromatic heterocycles. The number of aromatic nitrogens is 2. The van der Waals surface area contributed by atoms with Gasteiger partial charge in [-0.25, -0.2) is 8.78 Å². The lowest BCUT2D eigenvalue weighted by molar-refractivity contribution is 0.625. The molecule has 15 heavy (non-hydrogen) atoms. The quantitative estimate of drug-likeness (QED) is 0.793. The smallest absolute Gasteiger partial charge is 0.192 e. The average Bonchev–Trinajstić information content (AvgIpc) is 2.49. The predicted molar refractivity (Wildman–Crippen MR) is 61.1 cm³/mol. The van der Waals surface area contributed by atoms with Crippen molar-refractivity contribution in [2.45, 2.75) is 0 Å². The van der Waals surface area contributed by atoms with Crippen LogP contribution in [-0.2, 0) is 0 Å². The number of anilines is 1. The molecule has 3 N–H and O–H groups in total. The summed E-state index contributed by atoms with van der Waals surface area (Å²) in [6.45, 7) is 0. The Labute approximate surface area is 97.8 Å². The summed E-state index contributed by atoms with van der Waals surface area (Å²) in [6.07, 6.45) is 0. The SMILES string of the molecule is Nc1n[nH]c(-c2ccc(F)cc2I)c1F. The van der Waals surface area contributed by atoms with E-state index in [0.717, 1.165) is 0 Å². The largest absolute Gasteiger partial charge is 0.380 e. The average molecular weight is 321 g/mol. The standard InChI is InChI=1S/C9H6F2IN3/c10-4-1-2-5(6(12)3-4)8-7(11)9(13)15-14-8/h1-3H,(H3,13,14,15). The number of nitrogens with one attached hydrogen (secondary N) is 1. The van der Waals surface area contributed by atoms with Gasteiger partial charge in [-0.05, 0) is 40.8 Å². The number of hydrogen-bond donors (Lipinski definition) is 2. The molecule has 0 aliphatic carbocycles. The lowest BCUT2D eigenvalue weighted by Crippen LogP contribution is -1.89. The van der Waals surface area contributed by atoms with Gasteiger partial charge in [-0.3, -0.25) is 5.10 Å². The van der Waals surface area contributed by atoms with E-state index in [1.807, 2.05) is 22.6 Å². The van der Waals surface area contributed by atoms with E-state index < -0.39 is 5.82 Å². The molecule has 0 spiro atoms. The van der Waals surface area contributed by atoms with E-state index in [2.05, 4.69) is 10.2 Å². The molecule has 0 amide bonds. The Morgan fingerprint density at radius 2 is 2.07 bits per heavy atom. The molecule has 78 valence electrons. The number of rotatable bonds is 1. The van der Waals surface area contributed by atoms with Crippen LogP contribution in [0.5, 0.6) is 0 Å². The minimum Gasteiger partial charge on any atom is -0.380 e. The molecule has 2 rings (SSSR count). The van der Waals surface area contributed by atoms with Crippen molar-refractivity contribution in [2.75, 3.05) is 5.73 Å². The predicted octanol–water partition coefficient (Wildman–Crippen LogP) is 2.54. The van der Waals surface area contributed by atoms with Crippen molar-refractivity contribution in [3.63, 3.8) is 0 Å². The van der Waals surface area contributed by atoms with Crippen LogP contribution in [0.1, 0.15) is 0 Å². The third-order valence-corrected chi connectivity index (χ3v) is 2.83. The van der Waals surface area contributed by atoms with Gasteiger partial charge < -0.3 is 5.73 Å². The van der Waals surface area contributed by atoms with E-state index in [9.17, 15) is 8.78 Å². The van der Waals surface area contributed by atoms with Crippen LogP contribution in [0.15, 0.2) is 18.2 Å². The molecule has 0 aliphatic heterocycles. The van der Waals surface area contributed by atoms with Gasteiger partial charge in [0.05, 0.1) is 0 Å². The van der Waals surface area contributed by atoms with E-state index in [4.69, 9.17) is 5.73 Å². The summed E-state index contributed by atoms with van der Waals surface area (Å²) >= 11 is 1.92. The summed E-state index contributed by atoms with van der Waals surface area (Å²) in [7, 11) is 0. The highest BCUT2D eigenvalue weighted by Crippen LogP contribution is 2.28. The van der Waals surface area contributed by atoms with Crippen molar-refractivity contribution in [1.82, 2.24) is 10.2 Å². The number of nitrogens with two attached hydrogens (primary N) is 1. The Morgan fingerprint density at radius 3 is 2.60 bits per heavy atom. The molecule has 0 saturated carbocycles. The third kappa shape index (κ3) is 1.81. The summed E-state index contributed by atoms with van der Waals surface area (Å²) in [4.78, 5) is 0. The molecule has 0 fully saturated rings. The molecule has 0 bridgehead atoms. The topological polar surface area (TPSA) is 54.7 Å². The van der Waals surface area contributed by atoms with Crippen LogP contribution in [0.3, 0.4) is 0 Å². The summed E-state index contributed by atoms with van der Waals surface area (Å²) in [5.41, 5.74) is 5.98. The Bertz CT molecular complexity index is 510. The second-order valence-electron chi connectivity index (χ2n) is 2.92. The fraction of sp³-hybridized carbons (Fsp3) is 0. The van der Waals surface area contributed by atoms with Crippen LogP contribution < -0.4 is 5.73 Å². The number of H-pyrrole nitrogens is 1. The van der Waals surface area contributed by atoms with Crippen LogP contribution in [-0.4, -0.2) is 10.2 Å². The Kier molecular flexibility index (Phi) is 2.59. The molecule has 0 aliphatic rings. The normalized spacial score (nSPS) is 10.6. The minimum absolute atomic E-state index is 0.178. The van der Waals surface area contributed by atoms with E-state index >= 15 is 0 Å².